The van der Waals surface area contributed by atoms with Gasteiger partial charge in [0.2, 0.25) is 0 Å². The van der Waals surface area contributed by atoms with Gasteiger partial charge in [-0.15, -0.1) is 5.10 Å². The fraction of sp³-hybridized carbons (Fsp3) is 0.846. The molecule has 0 aliphatic heterocycles. The van der Waals surface area contributed by atoms with Crippen molar-refractivity contribution >= 4 is 15.9 Å². The molecule has 0 spiro atoms. The largest absolute Gasteiger partial charge is 0.311 e. The average molecular weight is 311 g/mol. The van der Waals surface area contributed by atoms with Gasteiger partial charge in [0.05, 0.1) is 11.7 Å². The Hall–Kier alpha value is -0.420. The van der Waals surface area contributed by atoms with Gasteiger partial charge in [0.1, 0.15) is 0 Å². The first-order chi connectivity index (χ1) is 8.72. The maximum atomic E-state index is 4.13. The lowest BCUT2D eigenvalue weighted by Gasteiger charge is -2.20. The Labute approximate surface area is 116 Å². The van der Waals surface area contributed by atoms with Crippen LogP contribution in [-0.2, 0) is 7.05 Å². The van der Waals surface area contributed by atoms with Crippen molar-refractivity contribution in [1.82, 2.24) is 20.3 Å². The number of nitrogens with zero attached hydrogens (tertiary/aromatic N) is 3. The molecule has 0 aromatic carbocycles. The summed E-state index contributed by atoms with van der Waals surface area (Å²) in [6.07, 6.45) is 4.46. The minimum absolute atomic E-state index is 0.415. The number of hydrogen-bond donors (Lipinski definition) is 1. The zero-order chi connectivity index (χ0) is 12.4. The summed E-state index contributed by atoms with van der Waals surface area (Å²) < 4.78 is 2.82. The molecular weight excluding hydrogens is 292 g/mol. The number of nitrogens with one attached hydrogen (secondary N) is 1. The van der Waals surface area contributed by atoms with Crippen LogP contribution < -0.4 is 5.32 Å². The monoisotopic (exact) mass is 310 g/mol. The molecule has 5 heteroatoms. The van der Waals surface area contributed by atoms with Gasteiger partial charge in [-0.1, -0.05) is 5.21 Å². The van der Waals surface area contributed by atoms with Crippen LogP contribution in [0.4, 0.5) is 0 Å². The zero-order valence-corrected chi connectivity index (χ0v) is 12.4. The minimum Gasteiger partial charge on any atom is -0.311 e. The van der Waals surface area contributed by atoms with Gasteiger partial charge >= 0.3 is 0 Å². The summed E-state index contributed by atoms with van der Waals surface area (Å²) in [5.74, 6) is 4.79. The molecule has 3 saturated carbocycles. The number of rotatable bonds is 3. The first kappa shape index (κ1) is 11.4. The molecule has 4 rings (SSSR count). The van der Waals surface area contributed by atoms with Crippen LogP contribution in [0.25, 0.3) is 0 Å². The molecule has 0 amide bonds. The van der Waals surface area contributed by atoms with Gasteiger partial charge in [0.15, 0.2) is 4.60 Å². The highest BCUT2D eigenvalue weighted by molar-refractivity contribution is 9.10. The topological polar surface area (TPSA) is 42.7 Å². The molecule has 18 heavy (non-hydrogen) atoms. The SMILES string of the molecule is CNC(c1c(Br)nnn1C)C1C2C3CCC(C3)C21. The van der Waals surface area contributed by atoms with Crippen molar-refractivity contribution in [3.05, 3.63) is 10.3 Å². The number of aromatic nitrogens is 3. The molecule has 5 unspecified atom stereocenters. The van der Waals surface area contributed by atoms with Crippen molar-refractivity contribution in [2.45, 2.75) is 25.3 Å². The Kier molecular flexibility index (Phi) is 2.40. The Morgan fingerprint density at radius 2 is 2.00 bits per heavy atom. The van der Waals surface area contributed by atoms with Crippen LogP contribution in [0.1, 0.15) is 31.0 Å². The van der Waals surface area contributed by atoms with Crippen molar-refractivity contribution in [3.8, 4) is 0 Å². The highest BCUT2D eigenvalue weighted by Gasteiger charge is 2.67. The van der Waals surface area contributed by atoms with Crippen LogP contribution in [-0.4, -0.2) is 22.0 Å². The Balaban J connectivity index is 1.64. The van der Waals surface area contributed by atoms with Crippen LogP contribution in [0.5, 0.6) is 0 Å². The number of halogens is 1. The van der Waals surface area contributed by atoms with Crippen LogP contribution in [0.15, 0.2) is 4.60 Å². The first-order valence-corrected chi connectivity index (χ1v) is 7.74. The predicted octanol–water partition coefficient (Wildman–Crippen LogP) is 2.13. The molecule has 3 aliphatic carbocycles. The van der Waals surface area contributed by atoms with E-state index in [1.807, 2.05) is 11.7 Å². The maximum Gasteiger partial charge on any atom is 0.153 e. The molecule has 1 N–H and O–H groups in total. The molecular formula is C13H19BrN4. The molecule has 1 aromatic heterocycles. The van der Waals surface area contributed by atoms with Crippen LogP contribution in [0.3, 0.4) is 0 Å². The van der Waals surface area contributed by atoms with E-state index < -0.39 is 0 Å². The Bertz CT molecular complexity index is 450. The predicted molar refractivity (Wildman–Crippen MR) is 71.8 cm³/mol. The lowest BCUT2D eigenvalue weighted by molar-refractivity contribution is 0.371. The fourth-order valence-electron chi connectivity index (χ4n) is 5.02. The number of fused-ring (bicyclic) bond motifs is 5. The van der Waals surface area contributed by atoms with Crippen molar-refractivity contribution in [2.75, 3.05) is 7.05 Å². The summed E-state index contributed by atoms with van der Waals surface area (Å²) in [6.45, 7) is 0. The molecule has 98 valence electrons. The van der Waals surface area contributed by atoms with Crippen LogP contribution in [0.2, 0.25) is 0 Å². The van der Waals surface area contributed by atoms with E-state index in [4.69, 9.17) is 0 Å². The maximum absolute atomic E-state index is 4.13. The first-order valence-electron chi connectivity index (χ1n) is 6.94. The zero-order valence-electron chi connectivity index (χ0n) is 10.8. The molecule has 3 aliphatic rings. The average Bonchev–Trinajstić information content (AvgIpc) is 2.69. The minimum atomic E-state index is 0.415. The van der Waals surface area contributed by atoms with Crippen molar-refractivity contribution in [3.63, 3.8) is 0 Å². The molecule has 0 radical (unpaired) electrons. The highest BCUT2D eigenvalue weighted by Crippen LogP contribution is 2.72. The van der Waals surface area contributed by atoms with E-state index in [2.05, 4.69) is 38.6 Å². The second kappa shape index (κ2) is 3.79. The quantitative estimate of drug-likeness (QED) is 0.930. The van der Waals surface area contributed by atoms with Gasteiger partial charge in [-0.25, -0.2) is 4.68 Å². The fourth-order valence-corrected chi connectivity index (χ4v) is 5.59. The smallest absolute Gasteiger partial charge is 0.153 e. The number of hydrogen-bond acceptors (Lipinski definition) is 3. The molecule has 3 fully saturated rings. The molecule has 1 aromatic rings. The van der Waals surface area contributed by atoms with Gasteiger partial charge in [-0.05, 0) is 71.8 Å². The molecule has 4 nitrogen and oxygen atoms in total. The van der Waals surface area contributed by atoms with E-state index in [1.165, 1.54) is 25.0 Å². The van der Waals surface area contributed by atoms with Crippen LogP contribution in [0, 0.1) is 29.6 Å². The number of aryl methyl sites for hydroxylation is 1. The second-order valence-electron chi connectivity index (χ2n) is 6.22. The molecule has 1 heterocycles. The Morgan fingerprint density at radius 3 is 2.50 bits per heavy atom. The highest BCUT2D eigenvalue weighted by atomic mass is 79.9. The third-order valence-electron chi connectivity index (χ3n) is 5.61. The van der Waals surface area contributed by atoms with E-state index in [0.717, 1.165) is 34.2 Å². The lowest BCUT2D eigenvalue weighted by Crippen LogP contribution is -2.24. The Morgan fingerprint density at radius 1 is 1.33 bits per heavy atom. The van der Waals surface area contributed by atoms with E-state index in [1.54, 1.807) is 0 Å². The summed E-state index contributed by atoms with van der Waals surface area (Å²) >= 11 is 3.55. The van der Waals surface area contributed by atoms with Crippen LogP contribution >= 0.6 is 15.9 Å². The van der Waals surface area contributed by atoms with Crippen molar-refractivity contribution in [1.29, 1.82) is 0 Å². The molecule has 5 atom stereocenters. The summed E-state index contributed by atoms with van der Waals surface area (Å²) in [7, 11) is 4.06. The van der Waals surface area contributed by atoms with Gasteiger partial charge in [-0.3, -0.25) is 0 Å². The second-order valence-corrected chi connectivity index (χ2v) is 6.97. The van der Waals surface area contributed by atoms with Gasteiger partial charge in [-0.2, -0.15) is 0 Å². The summed E-state index contributed by atoms with van der Waals surface area (Å²) in [5.41, 5.74) is 1.22. The van der Waals surface area contributed by atoms with E-state index in [-0.39, 0.29) is 0 Å². The van der Waals surface area contributed by atoms with E-state index >= 15 is 0 Å². The molecule has 2 bridgehead atoms. The summed E-state index contributed by atoms with van der Waals surface area (Å²) in [5, 5.41) is 11.8. The molecule has 0 saturated heterocycles. The van der Waals surface area contributed by atoms with Gasteiger partial charge in [0.25, 0.3) is 0 Å². The third-order valence-corrected chi connectivity index (χ3v) is 6.18. The summed E-state index contributed by atoms with van der Waals surface area (Å²) in [6, 6.07) is 0.415. The van der Waals surface area contributed by atoms with Gasteiger partial charge < -0.3 is 5.32 Å². The van der Waals surface area contributed by atoms with E-state index in [9.17, 15) is 0 Å². The van der Waals surface area contributed by atoms with E-state index in [0.29, 0.717) is 6.04 Å². The standard InChI is InChI=1S/C13H19BrN4/c1-15-11(12-13(14)16-17-18(12)2)10-8-6-3-4-7(5-6)9(8)10/h6-11,15H,3-5H2,1-2H3. The normalized spacial score (nSPS) is 42.1. The van der Waals surface area contributed by atoms with Gasteiger partial charge in [0, 0.05) is 7.05 Å². The summed E-state index contributed by atoms with van der Waals surface area (Å²) in [4.78, 5) is 0. The van der Waals surface area contributed by atoms with Crippen molar-refractivity contribution < 1.29 is 0 Å². The van der Waals surface area contributed by atoms with Crippen molar-refractivity contribution in [2.24, 2.45) is 36.6 Å². The third kappa shape index (κ3) is 1.35. The lowest BCUT2D eigenvalue weighted by atomic mass is 9.96.